The Morgan fingerprint density at radius 2 is 2.00 bits per heavy atom. The van der Waals surface area contributed by atoms with E-state index in [9.17, 15) is 9.59 Å². The molecule has 2 unspecified atom stereocenters. The molecule has 0 aromatic rings. The van der Waals surface area contributed by atoms with Gasteiger partial charge < -0.3 is 20.3 Å². The lowest BCUT2D eigenvalue weighted by atomic mass is 10.0. The molecule has 0 aromatic carbocycles. The predicted octanol–water partition coefficient (Wildman–Crippen LogP) is -0.260. The summed E-state index contributed by atoms with van der Waals surface area (Å²) >= 11 is 0. The fourth-order valence-corrected chi connectivity index (χ4v) is 2.82. The van der Waals surface area contributed by atoms with E-state index >= 15 is 0 Å². The van der Waals surface area contributed by atoms with Crippen LogP contribution in [0.3, 0.4) is 0 Å². The second-order valence-electron chi connectivity index (χ2n) is 5.44. The smallest absolute Gasteiger partial charge is 0.227 e. The minimum atomic E-state index is -0.142. The molecule has 2 atom stereocenters. The first-order chi connectivity index (χ1) is 9.72. The van der Waals surface area contributed by atoms with Crippen molar-refractivity contribution in [3.8, 4) is 0 Å². The summed E-state index contributed by atoms with van der Waals surface area (Å²) in [6, 6.07) is 0.0919. The summed E-state index contributed by atoms with van der Waals surface area (Å²) in [6.07, 6.45) is 2.59. The van der Waals surface area contributed by atoms with Gasteiger partial charge in [-0.2, -0.15) is 0 Å². The monoisotopic (exact) mass is 283 g/mol. The molecule has 2 aliphatic rings. The second kappa shape index (κ2) is 7.59. The number of nitrogens with zero attached hydrogens (tertiary/aromatic N) is 1. The number of nitrogens with one attached hydrogen (secondary N) is 2. The highest BCUT2D eigenvalue weighted by molar-refractivity contribution is 5.81. The van der Waals surface area contributed by atoms with E-state index < -0.39 is 0 Å². The van der Waals surface area contributed by atoms with Crippen LogP contribution >= 0.6 is 0 Å². The Labute approximate surface area is 120 Å². The molecule has 0 saturated carbocycles. The maximum atomic E-state index is 12.1. The highest BCUT2D eigenvalue weighted by Crippen LogP contribution is 2.14. The van der Waals surface area contributed by atoms with Crippen molar-refractivity contribution in [3.05, 3.63) is 0 Å². The van der Waals surface area contributed by atoms with E-state index in [1.54, 1.807) is 0 Å². The summed E-state index contributed by atoms with van der Waals surface area (Å²) in [6.45, 7) is 6.04. The number of amides is 2. The Morgan fingerprint density at radius 1 is 1.25 bits per heavy atom. The Balaban J connectivity index is 1.68. The Kier molecular flexibility index (Phi) is 5.79. The molecule has 2 amide bonds. The summed E-state index contributed by atoms with van der Waals surface area (Å²) in [4.78, 5) is 25.8. The average molecular weight is 283 g/mol. The molecule has 2 rings (SSSR count). The molecular formula is C14H25N3O3. The van der Waals surface area contributed by atoms with Crippen LogP contribution in [-0.4, -0.2) is 62.1 Å². The van der Waals surface area contributed by atoms with Crippen molar-refractivity contribution >= 4 is 11.8 Å². The molecule has 2 fully saturated rings. The minimum absolute atomic E-state index is 0.0114. The van der Waals surface area contributed by atoms with Crippen LogP contribution in [0, 0.1) is 5.92 Å². The Morgan fingerprint density at radius 3 is 2.70 bits per heavy atom. The number of carbonyl (C=O) groups excluding carboxylic acids is 2. The number of likely N-dealkylation sites (N-methyl/N-ethyl adjacent to an activating group) is 1. The molecule has 2 saturated heterocycles. The number of ether oxygens (including phenoxy) is 1. The lowest BCUT2D eigenvalue weighted by Gasteiger charge is -2.18. The lowest BCUT2D eigenvalue weighted by Crippen LogP contribution is -2.44. The van der Waals surface area contributed by atoms with E-state index in [-0.39, 0.29) is 23.8 Å². The molecule has 2 heterocycles. The van der Waals surface area contributed by atoms with Gasteiger partial charge in [-0.15, -0.1) is 0 Å². The largest absolute Gasteiger partial charge is 0.379 e. The van der Waals surface area contributed by atoms with Crippen LogP contribution < -0.4 is 10.6 Å². The van der Waals surface area contributed by atoms with Gasteiger partial charge in [0.25, 0.3) is 0 Å². The van der Waals surface area contributed by atoms with E-state index in [0.29, 0.717) is 26.2 Å². The van der Waals surface area contributed by atoms with Crippen LogP contribution in [-0.2, 0) is 14.3 Å². The quantitative estimate of drug-likeness (QED) is 0.704. The van der Waals surface area contributed by atoms with E-state index in [1.807, 2.05) is 11.8 Å². The van der Waals surface area contributed by atoms with Crippen molar-refractivity contribution in [2.45, 2.75) is 32.2 Å². The molecule has 20 heavy (non-hydrogen) atoms. The highest BCUT2D eigenvalue weighted by atomic mass is 16.5. The van der Waals surface area contributed by atoms with Gasteiger partial charge in [0.2, 0.25) is 11.8 Å². The van der Waals surface area contributed by atoms with Crippen LogP contribution in [0.1, 0.15) is 26.2 Å². The van der Waals surface area contributed by atoms with Crippen molar-refractivity contribution in [3.63, 3.8) is 0 Å². The summed E-state index contributed by atoms with van der Waals surface area (Å²) in [5, 5.41) is 6.12. The maximum absolute atomic E-state index is 12.1. The summed E-state index contributed by atoms with van der Waals surface area (Å²) < 4.78 is 5.35. The zero-order chi connectivity index (χ0) is 14.4. The van der Waals surface area contributed by atoms with Gasteiger partial charge in [-0.25, -0.2) is 0 Å². The molecule has 0 bridgehead atoms. The molecule has 0 aromatic heterocycles. The summed E-state index contributed by atoms with van der Waals surface area (Å²) in [5.41, 5.74) is 0. The normalized spacial score (nSPS) is 25.9. The first-order valence-corrected chi connectivity index (χ1v) is 7.59. The van der Waals surface area contributed by atoms with E-state index in [2.05, 4.69) is 10.6 Å². The van der Waals surface area contributed by atoms with Crippen molar-refractivity contribution in [2.24, 2.45) is 5.92 Å². The van der Waals surface area contributed by atoms with Gasteiger partial charge in [-0.1, -0.05) is 6.92 Å². The van der Waals surface area contributed by atoms with Gasteiger partial charge in [-0.3, -0.25) is 9.59 Å². The molecule has 6 heteroatoms. The van der Waals surface area contributed by atoms with Crippen molar-refractivity contribution in [1.29, 1.82) is 0 Å². The Hall–Kier alpha value is -1.14. The zero-order valence-corrected chi connectivity index (χ0v) is 12.2. The molecule has 0 aliphatic carbocycles. The van der Waals surface area contributed by atoms with E-state index in [4.69, 9.17) is 4.74 Å². The topological polar surface area (TPSA) is 70.7 Å². The van der Waals surface area contributed by atoms with Gasteiger partial charge in [-0.05, 0) is 19.4 Å². The SMILES string of the molecule is CCNC1COCC1C(=O)NCCC(=O)N1CCCC1. The van der Waals surface area contributed by atoms with Gasteiger partial charge in [0, 0.05) is 32.1 Å². The molecular weight excluding hydrogens is 258 g/mol. The number of likely N-dealkylation sites (tertiary alicyclic amines) is 1. The number of carbonyl (C=O) groups is 2. The number of hydrogen-bond donors (Lipinski definition) is 2. The zero-order valence-electron chi connectivity index (χ0n) is 12.2. The van der Waals surface area contributed by atoms with Crippen LogP contribution in [0.15, 0.2) is 0 Å². The van der Waals surface area contributed by atoms with Crippen LogP contribution in [0.25, 0.3) is 0 Å². The average Bonchev–Trinajstić information content (AvgIpc) is 3.10. The van der Waals surface area contributed by atoms with Gasteiger partial charge in [0.15, 0.2) is 0 Å². The van der Waals surface area contributed by atoms with E-state index in [1.165, 1.54) is 0 Å². The molecule has 0 radical (unpaired) electrons. The maximum Gasteiger partial charge on any atom is 0.227 e. The van der Waals surface area contributed by atoms with Crippen LogP contribution in [0.5, 0.6) is 0 Å². The summed E-state index contributed by atoms with van der Waals surface area (Å²) in [5.74, 6) is -0.00628. The lowest BCUT2D eigenvalue weighted by molar-refractivity contribution is -0.130. The third-order valence-electron chi connectivity index (χ3n) is 3.98. The first-order valence-electron chi connectivity index (χ1n) is 7.59. The molecule has 2 aliphatic heterocycles. The van der Waals surface area contributed by atoms with E-state index in [0.717, 1.165) is 32.5 Å². The standard InChI is InChI=1S/C14H25N3O3/c1-2-15-12-10-20-9-11(12)14(19)16-6-5-13(18)17-7-3-4-8-17/h11-12,15H,2-10H2,1H3,(H,16,19). The molecule has 114 valence electrons. The van der Waals surface area contributed by atoms with Gasteiger partial charge in [0.1, 0.15) is 0 Å². The van der Waals surface area contributed by atoms with Gasteiger partial charge >= 0.3 is 0 Å². The van der Waals surface area contributed by atoms with Crippen molar-refractivity contribution < 1.29 is 14.3 Å². The van der Waals surface area contributed by atoms with Crippen LogP contribution in [0.4, 0.5) is 0 Å². The third kappa shape index (κ3) is 3.93. The third-order valence-corrected chi connectivity index (χ3v) is 3.98. The number of hydrogen-bond acceptors (Lipinski definition) is 4. The molecule has 2 N–H and O–H groups in total. The molecule has 6 nitrogen and oxygen atoms in total. The fraction of sp³-hybridized carbons (Fsp3) is 0.857. The van der Waals surface area contributed by atoms with Crippen molar-refractivity contribution in [2.75, 3.05) is 39.4 Å². The molecule has 0 spiro atoms. The number of rotatable bonds is 6. The Bertz CT molecular complexity index is 343. The predicted molar refractivity (Wildman–Crippen MR) is 75.2 cm³/mol. The fourth-order valence-electron chi connectivity index (χ4n) is 2.82. The van der Waals surface area contributed by atoms with Crippen molar-refractivity contribution in [1.82, 2.24) is 15.5 Å². The minimum Gasteiger partial charge on any atom is -0.379 e. The summed E-state index contributed by atoms with van der Waals surface area (Å²) in [7, 11) is 0. The first kappa shape index (κ1) is 15.3. The second-order valence-corrected chi connectivity index (χ2v) is 5.44. The highest BCUT2D eigenvalue weighted by Gasteiger charge is 2.33. The van der Waals surface area contributed by atoms with Gasteiger partial charge in [0.05, 0.1) is 19.1 Å². The van der Waals surface area contributed by atoms with Crippen LogP contribution in [0.2, 0.25) is 0 Å².